The maximum atomic E-state index is 11.9. The molecule has 5 heteroatoms. The zero-order valence-corrected chi connectivity index (χ0v) is 12.0. The Hall–Kier alpha value is -1.36. The highest BCUT2D eigenvalue weighted by atomic mass is 16.2. The van der Waals surface area contributed by atoms with Crippen molar-refractivity contribution in [2.75, 3.05) is 32.7 Å². The second kappa shape index (κ2) is 7.94. The van der Waals surface area contributed by atoms with Crippen molar-refractivity contribution >= 4 is 11.8 Å². The second-order valence-corrected chi connectivity index (χ2v) is 4.83. The highest BCUT2D eigenvalue weighted by Gasteiger charge is 2.24. The fourth-order valence-electron chi connectivity index (χ4n) is 2.28. The first-order chi connectivity index (χ1) is 9.10. The van der Waals surface area contributed by atoms with E-state index in [-0.39, 0.29) is 17.9 Å². The summed E-state index contributed by atoms with van der Waals surface area (Å²) in [7, 11) is 0. The molecule has 0 radical (unpaired) electrons. The fraction of sp³-hybridized carbons (Fsp3) is 0.714. The zero-order valence-electron chi connectivity index (χ0n) is 12.0. The second-order valence-electron chi connectivity index (χ2n) is 4.83. The van der Waals surface area contributed by atoms with Crippen molar-refractivity contribution < 1.29 is 9.59 Å². The molecule has 2 amide bonds. The molecule has 0 spiro atoms. The van der Waals surface area contributed by atoms with Gasteiger partial charge < -0.3 is 10.2 Å². The smallest absolute Gasteiger partial charge is 0.237 e. The van der Waals surface area contributed by atoms with Gasteiger partial charge in [-0.1, -0.05) is 13.0 Å². The summed E-state index contributed by atoms with van der Waals surface area (Å²) in [5.74, 6) is 0.223. The van der Waals surface area contributed by atoms with E-state index in [9.17, 15) is 9.59 Å². The van der Waals surface area contributed by atoms with Gasteiger partial charge in [-0.3, -0.25) is 14.5 Å². The van der Waals surface area contributed by atoms with E-state index in [0.717, 1.165) is 26.1 Å². The van der Waals surface area contributed by atoms with Crippen LogP contribution in [0, 0.1) is 0 Å². The Morgan fingerprint density at radius 3 is 2.68 bits per heavy atom. The van der Waals surface area contributed by atoms with Gasteiger partial charge in [-0.05, 0) is 13.3 Å². The predicted octanol–water partition coefficient (Wildman–Crippen LogP) is 0.621. The molecule has 1 heterocycles. The van der Waals surface area contributed by atoms with Crippen molar-refractivity contribution in [3.05, 3.63) is 12.7 Å². The van der Waals surface area contributed by atoms with Crippen LogP contribution in [0.2, 0.25) is 0 Å². The Bertz CT molecular complexity index is 331. The highest BCUT2D eigenvalue weighted by Crippen LogP contribution is 2.08. The topological polar surface area (TPSA) is 52.7 Å². The van der Waals surface area contributed by atoms with Crippen LogP contribution in [0.25, 0.3) is 0 Å². The number of amides is 2. The summed E-state index contributed by atoms with van der Waals surface area (Å²) in [6.07, 6.45) is 3.15. The first-order valence-electron chi connectivity index (χ1n) is 7.00. The number of nitrogens with zero attached hydrogens (tertiary/aromatic N) is 2. The van der Waals surface area contributed by atoms with E-state index in [1.165, 1.54) is 0 Å². The number of carbonyl (C=O) groups is 2. The van der Waals surface area contributed by atoms with Gasteiger partial charge in [0.2, 0.25) is 11.8 Å². The Balaban J connectivity index is 2.49. The lowest BCUT2D eigenvalue weighted by Gasteiger charge is -2.26. The molecular weight excluding hydrogens is 242 g/mol. The molecule has 108 valence electrons. The van der Waals surface area contributed by atoms with E-state index in [1.807, 2.05) is 18.7 Å². The monoisotopic (exact) mass is 267 g/mol. The van der Waals surface area contributed by atoms with Gasteiger partial charge in [0.25, 0.3) is 0 Å². The zero-order chi connectivity index (χ0) is 14.3. The van der Waals surface area contributed by atoms with Crippen molar-refractivity contribution in [2.45, 2.75) is 32.7 Å². The van der Waals surface area contributed by atoms with E-state index < -0.39 is 0 Å². The molecule has 19 heavy (non-hydrogen) atoms. The third-order valence-electron chi connectivity index (χ3n) is 3.53. The van der Waals surface area contributed by atoms with Crippen molar-refractivity contribution in [3.8, 4) is 0 Å². The molecule has 1 fully saturated rings. The predicted molar refractivity (Wildman–Crippen MR) is 75.7 cm³/mol. The van der Waals surface area contributed by atoms with Gasteiger partial charge in [0.05, 0.1) is 6.04 Å². The van der Waals surface area contributed by atoms with Crippen LogP contribution in [0.4, 0.5) is 0 Å². The lowest BCUT2D eigenvalue weighted by atomic mass is 10.2. The van der Waals surface area contributed by atoms with Crippen molar-refractivity contribution in [1.29, 1.82) is 0 Å². The maximum absolute atomic E-state index is 11.9. The van der Waals surface area contributed by atoms with E-state index in [2.05, 4.69) is 16.8 Å². The van der Waals surface area contributed by atoms with Crippen LogP contribution in [0.15, 0.2) is 12.7 Å². The molecule has 0 saturated carbocycles. The molecule has 1 unspecified atom stereocenters. The summed E-state index contributed by atoms with van der Waals surface area (Å²) < 4.78 is 0. The lowest BCUT2D eigenvalue weighted by molar-refractivity contribution is -0.130. The molecule has 1 aliphatic rings. The molecule has 1 atom stereocenters. The summed E-state index contributed by atoms with van der Waals surface area (Å²) in [5, 5.41) is 2.82. The molecule has 0 bridgehead atoms. The number of hydrogen-bond donors (Lipinski definition) is 1. The largest absolute Gasteiger partial charge is 0.351 e. The lowest BCUT2D eigenvalue weighted by Crippen LogP contribution is -2.46. The van der Waals surface area contributed by atoms with Gasteiger partial charge in [-0.15, -0.1) is 6.58 Å². The van der Waals surface area contributed by atoms with Gasteiger partial charge in [-0.2, -0.15) is 0 Å². The normalized spacial score (nSPS) is 18.5. The molecular formula is C14H25N3O2. The number of carbonyl (C=O) groups excluding carboxylic acids is 2. The van der Waals surface area contributed by atoms with E-state index in [1.54, 1.807) is 6.08 Å². The molecule has 5 nitrogen and oxygen atoms in total. The van der Waals surface area contributed by atoms with Crippen LogP contribution in [-0.4, -0.2) is 60.4 Å². The van der Waals surface area contributed by atoms with Crippen LogP contribution >= 0.6 is 0 Å². The molecule has 0 aromatic heterocycles. The standard InChI is InChI=1S/C14H25N3O2/c1-4-7-15-14(19)12(3)16-8-6-9-17(11-10-16)13(18)5-2/h4,12H,1,5-11H2,2-3H3,(H,15,19). The Morgan fingerprint density at radius 1 is 1.32 bits per heavy atom. The molecule has 0 aromatic carbocycles. The first kappa shape index (κ1) is 15.7. The van der Waals surface area contributed by atoms with Crippen molar-refractivity contribution in [3.63, 3.8) is 0 Å². The number of nitrogens with one attached hydrogen (secondary N) is 1. The van der Waals surface area contributed by atoms with Crippen LogP contribution in [-0.2, 0) is 9.59 Å². The number of rotatable bonds is 5. The van der Waals surface area contributed by atoms with Gasteiger partial charge in [0.15, 0.2) is 0 Å². The van der Waals surface area contributed by atoms with Gasteiger partial charge >= 0.3 is 0 Å². The SMILES string of the molecule is C=CCNC(=O)C(C)N1CCCN(C(=O)CC)CC1. The summed E-state index contributed by atoms with van der Waals surface area (Å²) in [5.41, 5.74) is 0. The van der Waals surface area contributed by atoms with Gasteiger partial charge in [-0.25, -0.2) is 0 Å². The average molecular weight is 267 g/mol. The maximum Gasteiger partial charge on any atom is 0.237 e. The number of hydrogen-bond acceptors (Lipinski definition) is 3. The van der Waals surface area contributed by atoms with E-state index in [0.29, 0.717) is 19.5 Å². The van der Waals surface area contributed by atoms with E-state index >= 15 is 0 Å². The summed E-state index contributed by atoms with van der Waals surface area (Å²) >= 11 is 0. The van der Waals surface area contributed by atoms with Gasteiger partial charge in [0, 0.05) is 39.1 Å². The van der Waals surface area contributed by atoms with Crippen LogP contribution < -0.4 is 5.32 Å². The Kier molecular flexibility index (Phi) is 6.56. The molecule has 0 aromatic rings. The quantitative estimate of drug-likeness (QED) is 0.743. The molecule has 1 N–H and O–H groups in total. The third-order valence-corrected chi connectivity index (χ3v) is 3.53. The van der Waals surface area contributed by atoms with Crippen molar-refractivity contribution in [2.24, 2.45) is 0 Å². The fourth-order valence-corrected chi connectivity index (χ4v) is 2.28. The average Bonchev–Trinajstić information content (AvgIpc) is 2.68. The van der Waals surface area contributed by atoms with Crippen LogP contribution in [0.1, 0.15) is 26.7 Å². The van der Waals surface area contributed by atoms with Gasteiger partial charge in [0.1, 0.15) is 0 Å². The minimum atomic E-state index is -0.156. The highest BCUT2D eigenvalue weighted by molar-refractivity contribution is 5.81. The van der Waals surface area contributed by atoms with Crippen LogP contribution in [0.5, 0.6) is 0 Å². The molecule has 1 aliphatic heterocycles. The Morgan fingerprint density at radius 2 is 2.05 bits per heavy atom. The Labute approximate surface area is 115 Å². The van der Waals surface area contributed by atoms with Crippen LogP contribution in [0.3, 0.4) is 0 Å². The third kappa shape index (κ3) is 4.67. The summed E-state index contributed by atoms with van der Waals surface area (Å²) in [4.78, 5) is 27.6. The molecule has 0 aliphatic carbocycles. The van der Waals surface area contributed by atoms with E-state index in [4.69, 9.17) is 0 Å². The minimum absolute atomic E-state index is 0.0233. The summed E-state index contributed by atoms with van der Waals surface area (Å²) in [6.45, 7) is 11.0. The van der Waals surface area contributed by atoms with Crippen molar-refractivity contribution in [1.82, 2.24) is 15.1 Å². The molecule has 1 saturated heterocycles. The minimum Gasteiger partial charge on any atom is -0.351 e. The summed E-state index contributed by atoms with van der Waals surface area (Å²) in [6, 6.07) is -0.156. The first-order valence-corrected chi connectivity index (χ1v) is 7.00. The molecule has 1 rings (SSSR count).